The fraction of sp³-hybridized carbons (Fsp3) is 0.316. The van der Waals surface area contributed by atoms with Crippen LogP contribution in [0.15, 0.2) is 40.6 Å². The van der Waals surface area contributed by atoms with Gasteiger partial charge in [0.25, 0.3) is 5.56 Å². The van der Waals surface area contributed by atoms with Crippen molar-refractivity contribution < 1.29 is 14.3 Å². The van der Waals surface area contributed by atoms with Gasteiger partial charge in [-0.15, -0.1) is 11.3 Å². The summed E-state index contributed by atoms with van der Waals surface area (Å²) in [7, 11) is 0. The first kappa shape index (κ1) is 18.1. The van der Waals surface area contributed by atoms with E-state index < -0.39 is 5.97 Å². The maximum absolute atomic E-state index is 11.9. The van der Waals surface area contributed by atoms with Gasteiger partial charge in [0.05, 0.1) is 5.69 Å². The first-order valence-electron chi connectivity index (χ1n) is 8.29. The van der Waals surface area contributed by atoms with Crippen LogP contribution in [0.4, 0.5) is 0 Å². The summed E-state index contributed by atoms with van der Waals surface area (Å²) in [6.07, 6.45) is 1.66. The van der Waals surface area contributed by atoms with Crippen LogP contribution in [-0.4, -0.2) is 22.0 Å². The Morgan fingerprint density at radius 2 is 2.12 bits per heavy atom. The SMILES string of the molecule is Cc1cc(OCC(=O)OCc2cc(=O)n3ccsc3n2)ccc1C(C)C. The zero-order valence-corrected chi connectivity index (χ0v) is 15.7. The molecule has 26 heavy (non-hydrogen) atoms. The van der Waals surface area contributed by atoms with Crippen molar-refractivity contribution in [1.29, 1.82) is 0 Å². The first-order chi connectivity index (χ1) is 12.4. The number of hydrogen-bond acceptors (Lipinski definition) is 6. The average Bonchev–Trinajstić information content (AvgIpc) is 3.07. The molecule has 1 aromatic carbocycles. The molecule has 2 heterocycles. The largest absolute Gasteiger partial charge is 0.482 e. The molecule has 0 saturated heterocycles. The smallest absolute Gasteiger partial charge is 0.344 e. The van der Waals surface area contributed by atoms with Crippen LogP contribution in [-0.2, 0) is 16.1 Å². The van der Waals surface area contributed by atoms with Crippen LogP contribution in [0, 0.1) is 6.92 Å². The van der Waals surface area contributed by atoms with Crippen LogP contribution in [0.25, 0.3) is 4.96 Å². The third-order valence-corrected chi connectivity index (χ3v) is 4.71. The summed E-state index contributed by atoms with van der Waals surface area (Å²) in [5.74, 6) is 0.551. The van der Waals surface area contributed by atoms with Crippen molar-refractivity contribution in [1.82, 2.24) is 9.38 Å². The van der Waals surface area contributed by atoms with Crippen LogP contribution in [0.3, 0.4) is 0 Å². The Bertz CT molecular complexity index is 991. The Morgan fingerprint density at radius 1 is 1.31 bits per heavy atom. The lowest BCUT2D eigenvalue weighted by molar-refractivity contribution is -0.147. The molecule has 0 amide bonds. The second-order valence-corrected chi connectivity index (χ2v) is 7.14. The quantitative estimate of drug-likeness (QED) is 0.621. The lowest BCUT2D eigenvalue weighted by Crippen LogP contribution is -2.17. The van der Waals surface area contributed by atoms with E-state index >= 15 is 0 Å². The molecular formula is C19H20N2O4S. The van der Waals surface area contributed by atoms with E-state index in [2.05, 4.69) is 18.8 Å². The number of aromatic nitrogens is 2. The van der Waals surface area contributed by atoms with Gasteiger partial charge in [-0.1, -0.05) is 19.9 Å². The molecule has 0 aliphatic heterocycles. The number of aryl methyl sites for hydroxylation is 1. The molecule has 0 fully saturated rings. The monoisotopic (exact) mass is 372 g/mol. The van der Waals surface area contributed by atoms with Crippen molar-refractivity contribution in [3.8, 4) is 5.75 Å². The van der Waals surface area contributed by atoms with Gasteiger partial charge in [-0.25, -0.2) is 9.78 Å². The number of rotatable bonds is 6. The van der Waals surface area contributed by atoms with Crippen LogP contribution < -0.4 is 10.3 Å². The Kier molecular flexibility index (Phi) is 5.37. The number of esters is 1. The minimum absolute atomic E-state index is 0.0584. The molecule has 2 aromatic heterocycles. The van der Waals surface area contributed by atoms with Gasteiger partial charge in [-0.2, -0.15) is 0 Å². The molecule has 0 unspecified atom stereocenters. The Morgan fingerprint density at radius 3 is 2.85 bits per heavy atom. The van der Waals surface area contributed by atoms with E-state index in [9.17, 15) is 9.59 Å². The number of benzene rings is 1. The minimum Gasteiger partial charge on any atom is -0.482 e. The molecule has 136 valence electrons. The van der Waals surface area contributed by atoms with E-state index in [0.29, 0.717) is 22.3 Å². The van der Waals surface area contributed by atoms with Crippen molar-refractivity contribution in [3.63, 3.8) is 0 Å². The van der Waals surface area contributed by atoms with Crippen LogP contribution in [0.2, 0.25) is 0 Å². The predicted octanol–water partition coefficient (Wildman–Crippen LogP) is 3.31. The fourth-order valence-corrected chi connectivity index (χ4v) is 3.42. The number of hydrogen-bond donors (Lipinski definition) is 0. The third kappa shape index (κ3) is 4.11. The summed E-state index contributed by atoms with van der Waals surface area (Å²) in [5.41, 5.74) is 2.60. The fourth-order valence-electron chi connectivity index (χ4n) is 2.69. The predicted molar refractivity (Wildman–Crippen MR) is 99.9 cm³/mol. The maximum Gasteiger partial charge on any atom is 0.344 e. The van der Waals surface area contributed by atoms with Gasteiger partial charge in [0.2, 0.25) is 0 Å². The number of ether oxygens (including phenoxy) is 2. The molecule has 0 N–H and O–H groups in total. The summed E-state index contributed by atoms with van der Waals surface area (Å²) in [4.78, 5) is 28.6. The lowest BCUT2D eigenvalue weighted by atomic mass is 9.98. The first-order valence-corrected chi connectivity index (χ1v) is 9.17. The standard InChI is InChI=1S/C19H20N2O4S/c1-12(2)16-5-4-15(8-13(16)3)24-11-18(23)25-10-14-9-17(22)21-6-7-26-19(21)20-14/h4-9,12H,10-11H2,1-3H3. The Hall–Kier alpha value is -2.67. The molecule has 0 aliphatic carbocycles. The van der Waals surface area contributed by atoms with Crippen molar-refractivity contribution in [2.24, 2.45) is 0 Å². The van der Waals surface area contributed by atoms with Crippen molar-refractivity contribution in [2.45, 2.75) is 33.3 Å². The topological polar surface area (TPSA) is 69.9 Å². The van der Waals surface area contributed by atoms with Crippen molar-refractivity contribution in [2.75, 3.05) is 6.61 Å². The lowest BCUT2D eigenvalue weighted by Gasteiger charge is -2.12. The van der Waals surface area contributed by atoms with Gasteiger partial charge >= 0.3 is 5.97 Å². The zero-order chi connectivity index (χ0) is 18.7. The highest BCUT2D eigenvalue weighted by atomic mass is 32.1. The highest BCUT2D eigenvalue weighted by molar-refractivity contribution is 7.15. The molecule has 0 bridgehead atoms. The van der Waals surface area contributed by atoms with Gasteiger partial charge < -0.3 is 9.47 Å². The molecule has 6 nitrogen and oxygen atoms in total. The van der Waals surface area contributed by atoms with Gasteiger partial charge in [0, 0.05) is 17.6 Å². The summed E-state index contributed by atoms with van der Waals surface area (Å²) in [6.45, 7) is 6.03. The number of thiazole rings is 1. The average molecular weight is 372 g/mol. The molecule has 0 spiro atoms. The molecule has 3 rings (SSSR count). The van der Waals surface area contributed by atoms with Crippen molar-refractivity contribution >= 4 is 22.3 Å². The number of carbonyl (C=O) groups excluding carboxylic acids is 1. The Labute approximate surface area is 155 Å². The van der Waals surface area contributed by atoms with Gasteiger partial charge in [-0.05, 0) is 36.1 Å². The Balaban J connectivity index is 1.55. The normalized spacial score (nSPS) is 11.1. The molecule has 0 saturated carbocycles. The number of carbonyl (C=O) groups is 1. The summed E-state index contributed by atoms with van der Waals surface area (Å²) in [5, 5.41) is 1.78. The van der Waals surface area contributed by atoms with E-state index in [1.165, 1.54) is 27.4 Å². The van der Waals surface area contributed by atoms with E-state index in [1.807, 2.05) is 25.1 Å². The van der Waals surface area contributed by atoms with Crippen LogP contribution in [0.5, 0.6) is 5.75 Å². The molecular weight excluding hydrogens is 352 g/mol. The third-order valence-electron chi connectivity index (χ3n) is 3.96. The molecule has 0 radical (unpaired) electrons. The molecule has 0 aliphatic rings. The summed E-state index contributed by atoms with van der Waals surface area (Å²) >= 11 is 1.35. The minimum atomic E-state index is -0.510. The molecule has 0 atom stereocenters. The number of nitrogens with zero attached hydrogens (tertiary/aromatic N) is 2. The highest BCUT2D eigenvalue weighted by Crippen LogP contribution is 2.23. The van der Waals surface area contributed by atoms with E-state index in [-0.39, 0.29) is 18.8 Å². The summed E-state index contributed by atoms with van der Waals surface area (Å²) < 4.78 is 12.1. The maximum atomic E-state index is 11.9. The number of fused-ring (bicyclic) bond motifs is 1. The van der Waals surface area contributed by atoms with E-state index in [4.69, 9.17) is 9.47 Å². The van der Waals surface area contributed by atoms with E-state index in [1.54, 1.807) is 11.6 Å². The van der Waals surface area contributed by atoms with Crippen LogP contribution in [0.1, 0.15) is 36.6 Å². The van der Waals surface area contributed by atoms with Crippen molar-refractivity contribution in [3.05, 3.63) is 63.0 Å². The second kappa shape index (κ2) is 7.70. The van der Waals surface area contributed by atoms with Crippen LogP contribution >= 0.6 is 11.3 Å². The summed E-state index contributed by atoms with van der Waals surface area (Å²) in [6, 6.07) is 7.13. The molecule has 7 heteroatoms. The van der Waals surface area contributed by atoms with Gasteiger partial charge in [0.15, 0.2) is 11.6 Å². The van der Waals surface area contributed by atoms with E-state index in [0.717, 1.165) is 5.56 Å². The molecule has 3 aromatic rings. The highest BCUT2D eigenvalue weighted by Gasteiger charge is 2.10. The van der Waals surface area contributed by atoms with Gasteiger partial charge in [-0.3, -0.25) is 9.20 Å². The zero-order valence-electron chi connectivity index (χ0n) is 14.9. The second-order valence-electron chi connectivity index (χ2n) is 6.26. The van der Waals surface area contributed by atoms with Gasteiger partial charge in [0.1, 0.15) is 12.4 Å².